The smallest absolute Gasteiger partial charge is 0.293 e. The Hall–Kier alpha value is -1.99. The van der Waals surface area contributed by atoms with Crippen molar-refractivity contribution in [1.29, 1.82) is 0 Å². The number of aromatic nitrogens is 2. The highest BCUT2D eigenvalue weighted by Crippen LogP contribution is 2.15. The van der Waals surface area contributed by atoms with Crippen LogP contribution in [0.25, 0.3) is 0 Å². The second-order valence-corrected chi connectivity index (χ2v) is 7.81. The maximum absolute atomic E-state index is 12.3. The highest BCUT2D eigenvalue weighted by Gasteiger charge is 2.22. The number of piperidine rings is 1. The molecule has 3 rings (SSSR count). The lowest BCUT2D eigenvalue weighted by atomic mass is 10.1. The SMILES string of the molecule is Cn1ccnc(N2CCCC(NCc3ccc(S(C)=O)cc3)C2)c1=O. The Morgan fingerprint density at radius 3 is 2.80 bits per heavy atom. The number of hydrogen-bond donors (Lipinski definition) is 1. The van der Waals surface area contributed by atoms with E-state index in [-0.39, 0.29) is 5.56 Å². The molecule has 1 N–H and O–H groups in total. The average molecular weight is 360 g/mol. The maximum Gasteiger partial charge on any atom is 0.293 e. The summed E-state index contributed by atoms with van der Waals surface area (Å²) in [4.78, 5) is 19.5. The fourth-order valence-corrected chi connectivity index (χ4v) is 3.62. The van der Waals surface area contributed by atoms with Crippen LogP contribution in [0.2, 0.25) is 0 Å². The van der Waals surface area contributed by atoms with Gasteiger partial charge >= 0.3 is 0 Å². The van der Waals surface area contributed by atoms with Gasteiger partial charge in [0, 0.05) is 67.1 Å². The topological polar surface area (TPSA) is 67.2 Å². The van der Waals surface area contributed by atoms with Crippen molar-refractivity contribution in [3.8, 4) is 0 Å². The number of aryl methyl sites for hydroxylation is 1. The summed E-state index contributed by atoms with van der Waals surface area (Å²) in [5.74, 6) is 0.534. The summed E-state index contributed by atoms with van der Waals surface area (Å²) in [7, 11) is 0.809. The zero-order valence-corrected chi connectivity index (χ0v) is 15.5. The molecular weight excluding hydrogens is 336 g/mol. The van der Waals surface area contributed by atoms with Gasteiger partial charge in [0.2, 0.25) is 0 Å². The average Bonchev–Trinajstić information content (AvgIpc) is 2.63. The van der Waals surface area contributed by atoms with Crippen LogP contribution in [0.4, 0.5) is 5.82 Å². The van der Waals surface area contributed by atoms with Gasteiger partial charge in [-0.2, -0.15) is 0 Å². The molecule has 1 aliphatic rings. The van der Waals surface area contributed by atoms with Gasteiger partial charge in [0.25, 0.3) is 5.56 Å². The third-order valence-corrected chi connectivity index (χ3v) is 5.51. The van der Waals surface area contributed by atoms with Crippen molar-refractivity contribution in [1.82, 2.24) is 14.9 Å². The summed E-state index contributed by atoms with van der Waals surface area (Å²) in [5, 5.41) is 3.57. The van der Waals surface area contributed by atoms with Gasteiger partial charge in [0.15, 0.2) is 5.82 Å². The summed E-state index contributed by atoms with van der Waals surface area (Å²) >= 11 is 0. The van der Waals surface area contributed by atoms with Crippen LogP contribution in [0.15, 0.2) is 46.3 Å². The lowest BCUT2D eigenvalue weighted by molar-refractivity contribution is 0.419. The van der Waals surface area contributed by atoms with Gasteiger partial charge in [-0.25, -0.2) is 4.98 Å². The first-order chi connectivity index (χ1) is 12.0. The highest BCUT2D eigenvalue weighted by molar-refractivity contribution is 7.84. The van der Waals surface area contributed by atoms with Gasteiger partial charge in [-0.1, -0.05) is 12.1 Å². The summed E-state index contributed by atoms with van der Waals surface area (Å²) in [6, 6.07) is 8.17. The van der Waals surface area contributed by atoms with E-state index in [1.807, 2.05) is 24.3 Å². The van der Waals surface area contributed by atoms with Gasteiger partial charge in [-0.15, -0.1) is 0 Å². The first-order valence-electron chi connectivity index (χ1n) is 8.47. The fourth-order valence-electron chi connectivity index (χ4n) is 3.10. The number of nitrogens with one attached hydrogen (secondary N) is 1. The van der Waals surface area contributed by atoms with E-state index in [1.54, 1.807) is 30.3 Å². The summed E-state index contributed by atoms with van der Waals surface area (Å²) < 4.78 is 13.0. The van der Waals surface area contributed by atoms with Crippen molar-refractivity contribution in [2.45, 2.75) is 30.3 Å². The molecule has 0 aliphatic carbocycles. The van der Waals surface area contributed by atoms with Crippen LogP contribution in [0.3, 0.4) is 0 Å². The monoisotopic (exact) mass is 360 g/mol. The summed E-state index contributed by atoms with van der Waals surface area (Å²) in [6.45, 7) is 2.40. The zero-order valence-electron chi connectivity index (χ0n) is 14.6. The number of benzene rings is 1. The summed E-state index contributed by atoms with van der Waals surface area (Å²) in [6.07, 6.45) is 7.16. The van der Waals surface area contributed by atoms with E-state index < -0.39 is 10.8 Å². The molecule has 0 spiro atoms. The standard InChI is InChI=1S/C18H24N4O2S/c1-21-11-9-19-17(18(21)23)22-10-3-4-15(13-22)20-12-14-5-7-16(8-6-14)25(2)24/h5-9,11,15,20H,3-4,10,12-13H2,1-2H3. The molecule has 25 heavy (non-hydrogen) atoms. The molecule has 2 heterocycles. The third-order valence-electron chi connectivity index (χ3n) is 4.57. The molecule has 1 saturated heterocycles. The Morgan fingerprint density at radius 2 is 2.08 bits per heavy atom. The molecule has 134 valence electrons. The molecule has 0 amide bonds. The Morgan fingerprint density at radius 1 is 1.32 bits per heavy atom. The first-order valence-corrected chi connectivity index (χ1v) is 10.0. The lowest BCUT2D eigenvalue weighted by Gasteiger charge is -2.33. The number of anilines is 1. The summed E-state index contributed by atoms with van der Waals surface area (Å²) in [5.41, 5.74) is 1.12. The molecule has 2 aromatic rings. The van der Waals surface area contributed by atoms with Crippen LogP contribution in [-0.4, -0.2) is 39.1 Å². The molecule has 1 fully saturated rings. The van der Waals surface area contributed by atoms with E-state index in [1.165, 1.54) is 5.56 Å². The Labute approximate surface area is 150 Å². The molecular formula is C18H24N4O2S. The minimum Gasteiger partial charge on any atom is -0.350 e. The van der Waals surface area contributed by atoms with Crippen LogP contribution < -0.4 is 15.8 Å². The van der Waals surface area contributed by atoms with Gasteiger partial charge in [-0.3, -0.25) is 9.00 Å². The van der Waals surface area contributed by atoms with Crippen molar-refractivity contribution in [2.75, 3.05) is 24.2 Å². The quantitative estimate of drug-likeness (QED) is 0.870. The van der Waals surface area contributed by atoms with Crippen molar-refractivity contribution in [2.24, 2.45) is 7.05 Å². The Bertz CT molecular complexity index is 803. The van der Waals surface area contributed by atoms with Crippen molar-refractivity contribution < 1.29 is 4.21 Å². The fraction of sp³-hybridized carbons (Fsp3) is 0.444. The molecule has 7 heteroatoms. The van der Waals surface area contributed by atoms with Crippen LogP contribution >= 0.6 is 0 Å². The van der Waals surface area contributed by atoms with Gasteiger partial charge in [0.1, 0.15) is 0 Å². The molecule has 1 aliphatic heterocycles. The second kappa shape index (κ2) is 7.93. The molecule has 6 nitrogen and oxygen atoms in total. The van der Waals surface area contributed by atoms with E-state index in [9.17, 15) is 9.00 Å². The number of nitrogens with zero attached hydrogens (tertiary/aromatic N) is 3. The zero-order chi connectivity index (χ0) is 17.8. The molecule has 1 aromatic heterocycles. The van der Waals surface area contributed by atoms with E-state index in [0.717, 1.165) is 37.4 Å². The van der Waals surface area contributed by atoms with E-state index in [0.29, 0.717) is 11.9 Å². The normalized spacial score (nSPS) is 19.0. The third kappa shape index (κ3) is 4.35. The number of hydrogen-bond acceptors (Lipinski definition) is 5. The maximum atomic E-state index is 12.3. The van der Waals surface area contributed by atoms with Crippen LogP contribution in [-0.2, 0) is 24.4 Å². The van der Waals surface area contributed by atoms with Gasteiger partial charge in [-0.05, 0) is 30.5 Å². The van der Waals surface area contributed by atoms with Crippen LogP contribution in [0, 0.1) is 0 Å². The van der Waals surface area contributed by atoms with Crippen molar-refractivity contribution >= 4 is 16.6 Å². The van der Waals surface area contributed by atoms with Crippen LogP contribution in [0.5, 0.6) is 0 Å². The Kier molecular flexibility index (Phi) is 5.65. The minimum atomic E-state index is -0.941. The first kappa shape index (κ1) is 17.8. The predicted molar refractivity (Wildman–Crippen MR) is 100 cm³/mol. The minimum absolute atomic E-state index is 0.0497. The van der Waals surface area contributed by atoms with E-state index >= 15 is 0 Å². The van der Waals surface area contributed by atoms with E-state index in [4.69, 9.17) is 0 Å². The van der Waals surface area contributed by atoms with E-state index in [2.05, 4.69) is 15.2 Å². The molecule has 2 atom stereocenters. The number of rotatable bonds is 5. The molecule has 2 unspecified atom stereocenters. The molecule has 0 saturated carbocycles. The lowest BCUT2D eigenvalue weighted by Crippen LogP contribution is -2.47. The second-order valence-electron chi connectivity index (χ2n) is 6.43. The molecule has 1 aromatic carbocycles. The largest absolute Gasteiger partial charge is 0.350 e. The van der Waals surface area contributed by atoms with Gasteiger partial charge in [0.05, 0.1) is 0 Å². The Balaban J connectivity index is 1.61. The van der Waals surface area contributed by atoms with Crippen molar-refractivity contribution in [3.63, 3.8) is 0 Å². The molecule has 0 radical (unpaired) electrons. The van der Waals surface area contributed by atoms with Crippen molar-refractivity contribution in [3.05, 3.63) is 52.6 Å². The van der Waals surface area contributed by atoms with Gasteiger partial charge < -0.3 is 14.8 Å². The highest BCUT2D eigenvalue weighted by atomic mass is 32.2. The predicted octanol–water partition coefficient (Wildman–Crippen LogP) is 1.28. The van der Waals surface area contributed by atoms with Crippen LogP contribution in [0.1, 0.15) is 18.4 Å². The molecule has 0 bridgehead atoms.